The molecule has 0 aliphatic carbocycles. The van der Waals surface area contributed by atoms with Gasteiger partial charge in [-0.1, -0.05) is 13.8 Å². The number of carbonyl (C=O) groups excluding carboxylic acids is 1. The SMILES string of the molecule is Cc1cc(C(=O)Cn2cnnc2C#N)c(C)n1CCC(C)C. The van der Waals surface area contributed by atoms with Gasteiger partial charge < -0.3 is 4.57 Å². The Labute approximate surface area is 130 Å². The zero-order chi connectivity index (χ0) is 16.3. The molecule has 6 nitrogen and oxygen atoms in total. The number of hydrogen-bond acceptors (Lipinski definition) is 4. The summed E-state index contributed by atoms with van der Waals surface area (Å²) in [5, 5.41) is 16.3. The average molecular weight is 299 g/mol. The van der Waals surface area contributed by atoms with Crippen LogP contribution in [0.5, 0.6) is 0 Å². The molecular weight excluding hydrogens is 278 g/mol. The Morgan fingerprint density at radius 1 is 1.41 bits per heavy atom. The highest BCUT2D eigenvalue weighted by Gasteiger charge is 2.17. The van der Waals surface area contributed by atoms with Crippen LogP contribution in [0, 0.1) is 31.1 Å². The van der Waals surface area contributed by atoms with Gasteiger partial charge in [0.25, 0.3) is 0 Å². The highest BCUT2D eigenvalue weighted by molar-refractivity contribution is 5.97. The van der Waals surface area contributed by atoms with Gasteiger partial charge in [0.05, 0.1) is 6.54 Å². The van der Waals surface area contributed by atoms with Crippen molar-refractivity contribution >= 4 is 5.78 Å². The molecule has 0 atom stereocenters. The Kier molecular flexibility index (Phi) is 4.76. The largest absolute Gasteiger partial charge is 0.348 e. The van der Waals surface area contributed by atoms with Gasteiger partial charge in [0.1, 0.15) is 12.4 Å². The highest BCUT2D eigenvalue weighted by atomic mass is 16.1. The number of aromatic nitrogens is 4. The zero-order valence-corrected chi connectivity index (χ0v) is 13.5. The van der Waals surface area contributed by atoms with Gasteiger partial charge in [-0.05, 0) is 32.3 Å². The standard InChI is InChI=1S/C16H21N5O/c1-11(2)5-6-21-12(3)7-14(13(21)4)15(22)9-20-10-18-19-16(20)8-17/h7,10-11H,5-6,9H2,1-4H3. The zero-order valence-electron chi connectivity index (χ0n) is 13.5. The molecule has 0 radical (unpaired) electrons. The first kappa shape index (κ1) is 16.0. The van der Waals surface area contributed by atoms with Crippen molar-refractivity contribution in [1.82, 2.24) is 19.3 Å². The first-order valence-electron chi connectivity index (χ1n) is 7.41. The van der Waals surface area contributed by atoms with Gasteiger partial charge in [-0.25, -0.2) is 0 Å². The fourth-order valence-corrected chi connectivity index (χ4v) is 2.51. The smallest absolute Gasteiger partial charge is 0.235 e. The van der Waals surface area contributed by atoms with E-state index in [0.29, 0.717) is 11.5 Å². The second kappa shape index (κ2) is 6.56. The van der Waals surface area contributed by atoms with Crippen LogP contribution in [-0.2, 0) is 13.1 Å². The van der Waals surface area contributed by atoms with Crippen molar-refractivity contribution < 1.29 is 4.79 Å². The van der Waals surface area contributed by atoms with Crippen LogP contribution in [0.4, 0.5) is 0 Å². The molecule has 2 heterocycles. The number of ketones is 1. The number of rotatable bonds is 6. The summed E-state index contributed by atoms with van der Waals surface area (Å²) in [5.41, 5.74) is 2.78. The molecule has 0 N–H and O–H groups in total. The first-order chi connectivity index (χ1) is 10.4. The minimum absolute atomic E-state index is 0.0276. The highest BCUT2D eigenvalue weighted by Crippen LogP contribution is 2.18. The van der Waals surface area contributed by atoms with Crippen molar-refractivity contribution in [2.75, 3.05) is 0 Å². The summed E-state index contributed by atoms with van der Waals surface area (Å²) in [6.07, 6.45) is 2.49. The lowest BCUT2D eigenvalue weighted by Gasteiger charge is -2.11. The second-order valence-electron chi connectivity index (χ2n) is 5.94. The fourth-order valence-electron chi connectivity index (χ4n) is 2.51. The van der Waals surface area contributed by atoms with E-state index in [1.807, 2.05) is 26.0 Å². The topological polar surface area (TPSA) is 76.5 Å². The van der Waals surface area contributed by atoms with Gasteiger partial charge >= 0.3 is 0 Å². The predicted molar refractivity (Wildman–Crippen MR) is 82.4 cm³/mol. The molecule has 116 valence electrons. The molecule has 0 spiro atoms. The van der Waals surface area contributed by atoms with Crippen LogP contribution in [-0.4, -0.2) is 25.1 Å². The van der Waals surface area contributed by atoms with Crippen LogP contribution < -0.4 is 0 Å². The van der Waals surface area contributed by atoms with E-state index < -0.39 is 0 Å². The van der Waals surface area contributed by atoms with Gasteiger partial charge in [-0.3, -0.25) is 9.36 Å². The van der Waals surface area contributed by atoms with E-state index in [9.17, 15) is 4.79 Å². The third kappa shape index (κ3) is 3.25. The molecular formula is C16H21N5O. The van der Waals surface area contributed by atoms with E-state index in [4.69, 9.17) is 5.26 Å². The molecule has 0 aromatic carbocycles. The van der Waals surface area contributed by atoms with Gasteiger partial charge in [-0.2, -0.15) is 5.26 Å². The number of hydrogen-bond donors (Lipinski definition) is 0. The van der Waals surface area contributed by atoms with Crippen LogP contribution in [0.3, 0.4) is 0 Å². The van der Waals surface area contributed by atoms with E-state index in [2.05, 4.69) is 28.6 Å². The first-order valence-corrected chi connectivity index (χ1v) is 7.41. The van der Waals surface area contributed by atoms with Crippen molar-refractivity contribution in [1.29, 1.82) is 5.26 Å². The maximum absolute atomic E-state index is 12.5. The molecule has 0 unspecified atom stereocenters. The number of nitrogens with zero attached hydrogens (tertiary/aromatic N) is 5. The molecule has 0 amide bonds. The molecule has 0 bridgehead atoms. The molecule has 0 aliphatic heterocycles. The van der Waals surface area contributed by atoms with Crippen LogP contribution in [0.1, 0.15) is 47.8 Å². The minimum Gasteiger partial charge on any atom is -0.348 e. The number of nitriles is 1. The summed E-state index contributed by atoms with van der Waals surface area (Å²) in [4.78, 5) is 12.5. The normalized spacial score (nSPS) is 10.9. The summed E-state index contributed by atoms with van der Waals surface area (Å²) in [6.45, 7) is 9.37. The fraction of sp³-hybridized carbons (Fsp3) is 0.500. The number of carbonyl (C=O) groups is 1. The molecule has 0 fully saturated rings. The third-order valence-corrected chi connectivity index (χ3v) is 3.83. The van der Waals surface area contributed by atoms with E-state index >= 15 is 0 Å². The molecule has 22 heavy (non-hydrogen) atoms. The number of aryl methyl sites for hydroxylation is 1. The van der Waals surface area contributed by atoms with Gasteiger partial charge in [0, 0.05) is 23.5 Å². The van der Waals surface area contributed by atoms with E-state index in [0.717, 1.165) is 24.4 Å². The summed E-state index contributed by atoms with van der Waals surface area (Å²) in [6, 6.07) is 3.85. The monoisotopic (exact) mass is 299 g/mol. The van der Waals surface area contributed by atoms with Crippen LogP contribution in [0.25, 0.3) is 0 Å². The van der Waals surface area contributed by atoms with Gasteiger partial charge in [0.2, 0.25) is 5.82 Å². The Morgan fingerprint density at radius 3 is 2.77 bits per heavy atom. The lowest BCUT2D eigenvalue weighted by Crippen LogP contribution is -2.13. The molecule has 6 heteroatoms. The van der Waals surface area contributed by atoms with E-state index in [1.165, 1.54) is 10.9 Å². The van der Waals surface area contributed by atoms with Gasteiger partial charge in [0.15, 0.2) is 5.78 Å². The van der Waals surface area contributed by atoms with E-state index in [-0.39, 0.29) is 18.2 Å². The van der Waals surface area contributed by atoms with Crippen LogP contribution >= 0.6 is 0 Å². The average Bonchev–Trinajstić information content (AvgIpc) is 3.01. The maximum atomic E-state index is 12.5. The number of Topliss-reactive ketones (excluding diaryl/α,β-unsaturated/α-hetero) is 1. The third-order valence-electron chi connectivity index (χ3n) is 3.83. The summed E-state index contributed by atoms with van der Waals surface area (Å²) < 4.78 is 3.66. The minimum atomic E-state index is -0.0276. The molecule has 0 saturated heterocycles. The molecule has 2 aromatic heterocycles. The summed E-state index contributed by atoms with van der Waals surface area (Å²) in [5.74, 6) is 0.748. The summed E-state index contributed by atoms with van der Waals surface area (Å²) >= 11 is 0. The molecule has 2 rings (SSSR count). The van der Waals surface area contributed by atoms with Crippen LogP contribution in [0.15, 0.2) is 12.4 Å². The Morgan fingerprint density at radius 2 is 2.14 bits per heavy atom. The van der Waals surface area contributed by atoms with Gasteiger partial charge in [-0.15, -0.1) is 10.2 Å². The quantitative estimate of drug-likeness (QED) is 0.768. The second-order valence-corrected chi connectivity index (χ2v) is 5.94. The van der Waals surface area contributed by atoms with E-state index in [1.54, 1.807) is 0 Å². The maximum Gasteiger partial charge on any atom is 0.235 e. The van der Waals surface area contributed by atoms with Crippen molar-refractivity contribution in [3.63, 3.8) is 0 Å². The molecule has 2 aromatic rings. The Balaban J connectivity index is 2.20. The van der Waals surface area contributed by atoms with Crippen molar-refractivity contribution in [2.45, 2.75) is 47.2 Å². The molecule has 0 aliphatic rings. The van der Waals surface area contributed by atoms with Crippen molar-refractivity contribution in [2.24, 2.45) is 5.92 Å². The summed E-state index contributed by atoms with van der Waals surface area (Å²) in [7, 11) is 0. The van der Waals surface area contributed by atoms with Crippen molar-refractivity contribution in [3.05, 3.63) is 35.2 Å². The van der Waals surface area contributed by atoms with Crippen LogP contribution in [0.2, 0.25) is 0 Å². The molecule has 0 saturated carbocycles. The Hall–Kier alpha value is -2.42. The van der Waals surface area contributed by atoms with Crippen molar-refractivity contribution in [3.8, 4) is 6.07 Å². The lowest BCUT2D eigenvalue weighted by atomic mass is 10.1. The Bertz CT molecular complexity index is 717. The predicted octanol–water partition coefficient (Wildman–Crippen LogP) is 2.50. The lowest BCUT2D eigenvalue weighted by molar-refractivity contribution is 0.0971.